The van der Waals surface area contributed by atoms with Crippen LogP contribution in [0.5, 0.6) is 0 Å². The van der Waals surface area contributed by atoms with Gasteiger partial charge in [0.1, 0.15) is 0 Å². The Morgan fingerprint density at radius 1 is 1.42 bits per heavy atom. The lowest BCUT2D eigenvalue weighted by atomic mass is 10.0. The number of rotatable bonds is 4. The van der Waals surface area contributed by atoms with Crippen LogP contribution in [0.4, 0.5) is 11.4 Å². The minimum absolute atomic E-state index is 0.128. The SMILES string of the molecule is Cc1ccc(N(C)CC2(O)CCCC2)cc1[N+](=O)[O-]. The summed E-state index contributed by atoms with van der Waals surface area (Å²) in [5, 5.41) is 21.3. The Kier molecular flexibility index (Phi) is 3.75. The quantitative estimate of drug-likeness (QED) is 0.670. The van der Waals surface area contributed by atoms with Gasteiger partial charge in [0.2, 0.25) is 0 Å². The highest BCUT2D eigenvalue weighted by Gasteiger charge is 2.32. The molecule has 1 aromatic carbocycles. The number of nitro groups is 1. The molecule has 0 spiro atoms. The molecule has 0 aliphatic heterocycles. The van der Waals surface area contributed by atoms with Gasteiger partial charge in [-0.25, -0.2) is 0 Å². The zero-order chi connectivity index (χ0) is 14.0. The van der Waals surface area contributed by atoms with Gasteiger partial charge in [-0.15, -0.1) is 0 Å². The number of likely N-dealkylation sites (N-methyl/N-ethyl adjacent to an activating group) is 1. The Bertz CT molecular complexity index is 482. The van der Waals surface area contributed by atoms with E-state index in [2.05, 4.69) is 0 Å². The van der Waals surface area contributed by atoms with Crippen LogP contribution in [0.2, 0.25) is 0 Å². The van der Waals surface area contributed by atoms with Gasteiger partial charge in [-0.05, 0) is 25.8 Å². The molecule has 1 aromatic rings. The molecule has 104 valence electrons. The zero-order valence-electron chi connectivity index (χ0n) is 11.4. The summed E-state index contributed by atoms with van der Waals surface area (Å²) in [7, 11) is 1.87. The van der Waals surface area contributed by atoms with E-state index in [1.54, 1.807) is 19.1 Å². The maximum absolute atomic E-state index is 10.9. The number of nitro benzene ring substituents is 1. The third-order valence-corrected chi connectivity index (χ3v) is 3.90. The highest BCUT2D eigenvalue weighted by atomic mass is 16.6. The number of anilines is 1. The van der Waals surface area contributed by atoms with Crippen molar-refractivity contribution in [1.29, 1.82) is 0 Å². The average Bonchev–Trinajstić information content (AvgIpc) is 2.75. The summed E-state index contributed by atoms with van der Waals surface area (Å²) in [4.78, 5) is 12.5. The van der Waals surface area contributed by atoms with Crippen molar-refractivity contribution < 1.29 is 10.0 Å². The van der Waals surface area contributed by atoms with Gasteiger partial charge in [0.15, 0.2) is 0 Å². The molecule has 1 aliphatic rings. The normalized spacial score (nSPS) is 17.4. The highest BCUT2D eigenvalue weighted by Crippen LogP contribution is 2.32. The molecule has 1 N–H and O–H groups in total. The topological polar surface area (TPSA) is 66.6 Å². The third kappa shape index (κ3) is 3.04. The molecule has 2 rings (SSSR count). The first kappa shape index (κ1) is 13.8. The predicted octanol–water partition coefficient (Wildman–Crippen LogP) is 2.64. The Hall–Kier alpha value is -1.62. The number of nitrogens with zero attached hydrogens (tertiary/aromatic N) is 2. The van der Waals surface area contributed by atoms with Crippen molar-refractivity contribution in [3.63, 3.8) is 0 Å². The fourth-order valence-electron chi connectivity index (χ4n) is 2.76. The van der Waals surface area contributed by atoms with Crippen molar-refractivity contribution in [2.24, 2.45) is 0 Å². The smallest absolute Gasteiger partial charge is 0.274 e. The molecule has 19 heavy (non-hydrogen) atoms. The first-order valence-electron chi connectivity index (χ1n) is 6.60. The van der Waals surface area contributed by atoms with E-state index >= 15 is 0 Å². The first-order chi connectivity index (χ1) is 8.91. The van der Waals surface area contributed by atoms with Gasteiger partial charge < -0.3 is 10.0 Å². The minimum Gasteiger partial charge on any atom is -0.388 e. The maximum Gasteiger partial charge on any atom is 0.274 e. The van der Waals surface area contributed by atoms with Gasteiger partial charge in [0, 0.05) is 30.9 Å². The van der Waals surface area contributed by atoms with Crippen LogP contribution in [0.25, 0.3) is 0 Å². The van der Waals surface area contributed by atoms with E-state index < -0.39 is 5.60 Å². The second-order valence-corrected chi connectivity index (χ2v) is 5.52. The number of hydrogen-bond donors (Lipinski definition) is 1. The van der Waals surface area contributed by atoms with E-state index in [0.29, 0.717) is 12.1 Å². The number of aliphatic hydroxyl groups is 1. The molecule has 0 aromatic heterocycles. The molecule has 0 amide bonds. The van der Waals surface area contributed by atoms with E-state index in [9.17, 15) is 15.2 Å². The summed E-state index contributed by atoms with van der Waals surface area (Å²) < 4.78 is 0. The van der Waals surface area contributed by atoms with Crippen molar-refractivity contribution in [1.82, 2.24) is 0 Å². The Balaban J connectivity index is 2.17. The molecular weight excluding hydrogens is 244 g/mol. The lowest BCUT2D eigenvalue weighted by molar-refractivity contribution is -0.385. The van der Waals surface area contributed by atoms with Crippen LogP contribution >= 0.6 is 0 Å². The molecule has 0 bridgehead atoms. The van der Waals surface area contributed by atoms with Crippen molar-refractivity contribution in [2.45, 2.75) is 38.2 Å². The molecule has 0 heterocycles. The second-order valence-electron chi connectivity index (χ2n) is 5.52. The molecule has 5 heteroatoms. The van der Waals surface area contributed by atoms with Crippen LogP contribution in [0.3, 0.4) is 0 Å². The van der Waals surface area contributed by atoms with Crippen LogP contribution < -0.4 is 4.90 Å². The number of benzene rings is 1. The lowest BCUT2D eigenvalue weighted by Gasteiger charge is -2.30. The number of aryl methyl sites for hydroxylation is 1. The Morgan fingerprint density at radius 3 is 2.63 bits per heavy atom. The van der Waals surface area contributed by atoms with Crippen LogP contribution in [0.15, 0.2) is 18.2 Å². The van der Waals surface area contributed by atoms with Crippen LogP contribution in [-0.4, -0.2) is 29.2 Å². The molecule has 0 saturated heterocycles. The predicted molar refractivity (Wildman–Crippen MR) is 74.5 cm³/mol. The van der Waals surface area contributed by atoms with E-state index in [1.807, 2.05) is 18.0 Å². The summed E-state index contributed by atoms with van der Waals surface area (Å²) in [5.74, 6) is 0. The summed E-state index contributed by atoms with van der Waals surface area (Å²) >= 11 is 0. The Labute approximate surface area is 113 Å². The molecule has 0 unspecified atom stereocenters. The summed E-state index contributed by atoms with van der Waals surface area (Å²) in [6.45, 7) is 2.25. The highest BCUT2D eigenvalue weighted by molar-refractivity contribution is 5.56. The summed E-state index contributed by atoms with van der Waals surface area (Å²) in [6.07, 6.45) is 3.73. The second kappa shape index (κ2) is 5.17. The van der Waals surface area contributed by atoms with Gasteiger partial charge in [-0.2, -0.15) is 0 Å². The van der Waals surface area contributed by atoms with Gasteiger partial charge in [0.25, 0.3) is 5.69 Å². The van der Waals surface area contributed by atoms with Crippen LogP contribution in [-0.2, 0) is 0 Å². The van der Waals surface area contributed by atoms with E-state index in [0.717, 1.165) is 31.4 Å². The van der Waals surface area contributed by atoms with Gasteiger partial charge in [0.05, 0.1) is 10.5 Å². The van der Waals surface area contributed by atoms with Crippen molar-refractivity contribution in [2.75, 3.05) is 18.5 Å². The van der Waals surface area contributed by atoms with Gasteiger partial charge in [-0.1, -0.05) is 18.9 Å². The minimum atomic E-state index is -0.644. The van der Waals surface area contributed by atoms with Crippen molar-refractivity contribution >= 4 is 11.4 Å². The summed E-state index contributed by atoms with van der Waals surface area (Å²) in [5.41, 5.74) is 0.913. The fraction of sp³-hybridized carbons (Fsp3) is 0.571. The molecular formula is C14H20N2O3. The average molecular weight is 264 g/mol. The molecule has 0 radical (unpaired) electrons. The van der Waals surface area contributed by atoms with Gasteiger partial charge >= 0.3 is 0 Å². The molecule has 1 fully saturated rings. The lowest BCUT2D eigenvalue weighted by Crippen LogP contribution is -2.39. The van der Waals surface area contributed by atoms with Crippen molar-refractivity contribution in [3.8, 4) is 0 Å². The van der Waals surface area contributed by atoms with E-state index in [4.69, 9.17) is 0 Å². The molecule has 0 atom stereocenters. The van der Waals surface area contributed by atoms with Gasteiger partial charge in [-0.3, -0.25) is 10.1 Å². The maximum atomic E-state index is 10.9. The van der Waals surface area contributed by atoms with E-state index in [1.165, 1.54) is 0 Å². The Morgan fingerprint density at radius 2 is 2.05 bits per heavy atom. The van der Waals surface area contributed by atoms with Crippen LogP contribution in [0, 0.1) is 17.0 Å². The number of hydrogen-bond acceptors (Lipinski definition) is 4. The monoisotopic (exact) mass is 264 g/mol. The van der Waals surface area contributed by atoms with Crippen LogP contribution in [0.1, 0.15) is 31.2 Å². The standard InChI is InChI=1S/C14H20N2O3/c1-11-5-6-12(9-13(11)16(18)19)15(2)10-14(17)7-3-4-8-14/h5-6,9,17H,3-4,7-8,10H2,1-2H3. The first-order valence-corrected chi connectivity index (χ1v) is 6.60. The van der Waals surface area contributed by atoms with Crippen molar-refractivity contribution in [3.05, 3.63) is 33.9 Å². The fourth-order valence-corrected chi connectivity index (χ4v) is 2.76. The largest absolute Gasteiger partial charge is 0.388 e. The zero-order valence-corrected chi connectivity index (χ0v) is 11.4. The molecule has 1 aliphatic carbocycles. The summed E-state index contributed by atoms with van der Waals surface area (Å²) in [6, 6.07) is 5.19. The van der Waals surface area contributed by atoms with E-state index in [-0.39, 0.29) is 10.6 Å². The molecule has 1 saturated carbocycles. The third-order valence-electron chi connectivity index (χ3n) is 3.90. The molecule has 5 nitrogen and oxygen atoms in total.